The van der Waals surface area contributed by atoms with Gasteiger partial charge in [-0.15, -0.1) is 0 Å². The maximum Gasteiger partial charge on any atom is 0.257 e. The topological polar surface area (TPSA) is 53.4 Å². The van der Waals surface area contributed by atoms with Gasteiger partial charge in [0.15, 0.2) is 0 Å². The number of nitrogens with zero attached hydrogens (tertiary/aromatic N) is 2. The summed E-state index contributed by atoms with van der Waals surface area (Å²) in [6.45, 7) is 2.19. The minimum atomic E-state index is -0.117. The van der Waals surface area contributed by atoms with Gasteiger partial charge in [-0.3, -0.25) is 9.78 Å². The third-order valence-corrected chi connectivity index (χ3v) is 3.91. The van der Waals surface area contributed by atoms with E-state index < -0.39 is 0 Å². The van der Waals surface area contributed by atoms with Crippen LogP contribution in [-0.2, 0) is 0 Å². The molecular weight excluding hydrogens is 228 g/mol. The van der Waals surface area contributed by atoms with E-state index in [-0.39, 0.29) is 17.7 Å². The summed E-state index contributed by atoms with van der Waals surface area (Å²) in [7, 11) is 1.83. The number of hydrogen-bond acceptors (Lipinski definition) is 3. The first-order chi connectivity index (χ1) is 8.61. The Hall–Kier alpha value is -1.58. The highest BCUT2D eigenvalue weighted by Gasteiger charge is 2.29. The van der Waals surface area contributed by atoms with Gasteiger partial charge in [0.05, 0.1) is 11.8 Å². The molecule has 1 aromatic heterocycles. The van der Waals surface area contributed by atoms with Crippen LogP contribution in [0, 0.1) is 5.92 Å². The lowest BCUT2D eigenvalue weighted by atomic mass is 9.85. The third kappa shape index (κ3) is 2.47. The summed E-state index contributed by atoms with van der Waals surface area (Å²) in [5, 5.41) is 9.68. The number of rotatable bonds is 2. The highest BCUT2D eigenvalue weighted by atomic mass is 16.3. The summed E-state index contributed by atoms with van der Waals surface area (Å²) in [5.74, 6) is 0.364. The molecule has 1 heterocycles. The maximum absolute atomic E-state index is 12.3. The number of aromatic nitrogens is 1. The van der Waals surface area contributed by atoms with Crippen LogP contribution in [0.3, 0.4) is 0 Å². The summed E-state index contributed by atoms with van der Waals surface area (Å²) in [4.78, 5) is 17.9. The molecule has 0 radical (unpaired) electrons. The van der Waals surface area contributed by atoms with Gasteiger partial charge in [0.25, 0.3) is 5.91 Å². The quantitative estimate of drug-likeness (QED) is 0.874. The second-order valence-corrected chi connectivity index (χ2v) is 5.14. The van der Waals surface area contributed by atoms with Crippen molar-refractivity contribution in [2.75, 3.05) is 7.05 Å². The van der Waals surface area contributed by atoms with Gasteiger partial charge in [-0.05, 0) is 24.8 Å². The Morgan fingerprint density at radius 2 is 2.17 bits per heavy atom. The number of hydrogen-bond donors (Lipinski definition) is 1. The molecule has 4 heteroatoms. The first-order valence-electron chi connectivity index (χ1n) is 6.51. The summed E-state index contributed by atoms with van der Waals surface area (Å²) in [6, 6.07) is 1.85. The van der Waals surface area contributed by atoms with Crippen LogP contribution in [0.5, 0.6) is 5.75 Å². The molecule has 2 atom stereocenters. The molecule has 0 spiro atoms. The molecule has 1 amide bonds. The molecule has 1 aliphatic carbocycles. The van der Waals surface area contributed by atoms with E-state index in [0.29, 0.717) is 11.5 Å². The monoisotopic (exact) mass is 248 g/mol. The van der Waals surface area contributed by atoms with Gasteiger partial charge in [0.2, 0.25) is 0 Å². The van der Waals surface area contributed by atoms with Crippen molar-refractivity contribution < 1.29 is 9.90 Å². The lowest BCUT2D eigenvalue weighted by molar-refractivity contribution is 0.0626. The van der Waals surface area contributed by atoms with Crippen LogP contribution in [0.4, 0.5) is 0 Å². The predicted octanol–water partition coefficient (Wildman–Crippen LogP) is 2.44. The Labute approximate surface area is 108 Å². The Morgan fingerprint density at radius 1 is 1.44 bits per heavy atom. The predicted molar refractivity (Wildman–Crippen MR) is 69.4 cm³/mol. The zero-order valence-electron chi connectivity index (χ0n) is 11.0. The third-order valence-electron chi connectivity index (χ3n) is 3.91. The van der Waals surface area contributed by atoms with Crippen molar-refractivity contribution in [3.63, 3.8) is 0 Å². The van der Waals surface area contributed by atoms with Crippen molar-refractivity contribution >= 4 is 5.91 Å². The number of carbonyl (C=O) groups is 1. The van der Waals surface area contributed by atoms with Crippen LogP contribution in [0.1, 0.15) is 43.0 Å². The Kier molecular flexibility index (Phi) is 3.84. The van der Waals surface area contributed by atoms with Crippen molar-refractivity contribution in [3.05, 3.63) is 24.0 Å². The first kappa shape index (κ1) is 12.9. The maximum atomic E-state index is 12.3. The highest BCUT2D eigenvalue weighted by molar-refractivity contribution is 5.96. The molecule has 0 bridgehead atoms. The van der Waals surface area contributed by atoms with E-state index in [1.807, 2.05) is 7.05 Å². The Bertz CT molecular complexity index is 434. The van der Waals surface area contributed by atoms with Gasteiger partial charge < -0.3 is 10.0 Å². The van der Waals surface area contributed by atoms with Crippen LogP contribution in [0.2, 0.25) is 0 Å². The lowest BCUT2D eigenvalue weighted by Crippen LogP contribution is -2.42. The summed E-state index contributed by atoms with van der Waals surface area (Å²) in [6.07, 6.45) is 7.49. The van der Waals surface area contributed by atoms with Crippen molar-refractivity contribution in [1.82, 2.24) is 9.88 Å². The summed E-state index contributed by atoms with van der Waals surface area (Å²) < 4.78 is 0. The summed E-state index contributed by atoms with van der Waals surface area (Å²) >= 11 is 0. The SMILES string of the molecule is CC1CCCCC1N(C)C(=O)c1ccncc1O. The fourth-order valence-corrected chi connectivity index (χ4v) is 2.78. The van der Waals surface area contributed by atoms with Crippen LogP contribution in [-0.4, -0.2) is 34.0 Å². The summed E-state index contributed by atoms with van der Waals surface area (Å²) in [5.41, 5.74) is 0.338. The molecule has 0 aliphatic heterocycles. The minimum Gasteiger partial charge on any atom is -0.505 e. The molecule has 1 saturated carbocycles. The first-order valence-corrected chi connectivity index (χ1v) is 6.51. The van der Waals surface area contributed by atoms with E-state index in [9.17, 15) is 9.90 Å². The van der Waals surface area contributed by atoms with Crippen molar-refractivity contribution in [1.29, 1.82) is 0 Å². The number of carbonyl (C=O) groups excluding carboxylic acids is 1. The molecule has 18 heavy (non-hydrogen) atoms. The van der Waals surface area contributed by atoms with Crippen LogP contribution < -0.4 is 0 Å². The Balaban J connectivity index is 2.16. The van der Waals surface area contributed by atoms with Gasteiger partial charge in [-0.25, -0.2) is 0 Å². The van der Waals surface area contributed by atoms with Crippen molar-refractivity contribution in [3.8, 4) is 5.75 Å². The van der Waals surface area contributed by atoms with Gasteiger partial charge in [0, 0.05) is 19.3 Å². The zero-order chi connectivity index (χ0) is 13.1. The van der Waals surface area contributed by atoms with E-state index in [1.54, 1.807) is 11.0 Å². The highest BCUT2D eigenvalue weighted by Crippen LogP contribution is 2.29. The Morgan fingerprint density at radius 3 is 2.83 bits per heavy atom. The van der Waals surface area contributed by atoms with Crippen LogP contribution >= 0.6 is 0 Å². The second kappa shape index (κ2) is 5.38. The van der Waals surface area contributed by atoms with Gasteiger partial charge in [0.1, 0.15) is 5.75 Å². The molecule has 98 valence electrons. The van der Waals surface area contributed by atoms with E-state index in [2.05, 4.69) is 11.9 Å². The van der Waals surface area contributed by atoms with E-state index in [4.69, 9.17) is 0 Å². The van der Waals surface area contributed by atoms with Gasteiger partial charge >= 0.3 is 0 Å². The molecule has 2 unspecified atom stereocenters. The molecule has 4 nitrogen and oxygen atoms in total. The minimum absolute atomic E-state index is 0.0437. The number of aromatic hydroxyl groups is 1. The second-order valence-electron chi connectivity index (χ2n) is 5.14. The van der Waals surface area contributed by atoms with Crippen molar-refractivity contribution in [2.45, 2.75) is 38.6 Å². The molecule has 0 saturated heterocycles. The van der Waals surface area contributed by atoms with E-state index >= 15 is 0 Å². The van der Waals surface area contributed by atoms with E-state index in [1.165, 1.54) is 31.7 Å². The molecule has 1 aliphatic rings. The molecule has 2 rings (SSSR count). The van der Waals surface area contributed by atoms with Crippen LogP contribution in [0.15, 0.2) is 18.5 Å². The normalized spacial score (nSPS) is 23.7. The van der Waals surface area contributed by atoms with Crippen molar-refractivity contribution in [2.24, 2.45) is 5.92 Å². The van der Waals surface area contributed by atoms with Crippen LogP contribution in [0.25, 0.3) is 0 Å². The fourth-order valence-electron chi connectivity index (χ4n) is 2.78. The molecule has 0 aromatic carbocycles. The lowest BCUT2D eigenvalue weighted by Gasteiger charge is -2.36. The largest absolute Gasteiger partial charge is 0.505 e. The van der Waals surface area contributed by atoms with Gasteiger partial charge in [-0.1, -0.05) is 19.8 Å². The van der Waals surface area contributed by atoms with Gasteiger partial charge in [-0.2, -0.15) is 0 Å². The molecule has 1 aromatic rings. The number of amides is 1. The average Bonchev–Trinajstić information content (AvgIpc) is 2.38. The van der Waals surface area contributed by atoms with E-state index in [0.717, 1.165) is 6.42 Å². The number of pyridine rings is 1. The average molecular weight is 248 g/mol. The smallest absolute Gasteiger partial charge is 0.257 e. The zero-order valence-corrected chi connectivity index (χ0v) is 11.0. The molecular formula is C14H20N2O2. The standard InChI is InChI=1S/C14H20N2O2/c1-10-5-3-4-6-12(10)16(2)14(18)11-7-8-15-9-13(11)17/h7-10,12,17H,3-6H2,1-2H3. The fraction of sp³-hybridized carbons (Fsp3) is 0.571. The molecule has 1 N–H and O–H groups in total. The molecule has 1 fully saturated rings.